The van der Waals surface area contributed by atoms with Crippen LogP contribution in [0.2, 0.25) is 10.6 Å². The second-order valence-corrected chi connectivity index (χ2v) is 16.6. The fourth-order valence-corrected chi connectivity index (χ4v) is 8.64. The Hall–Kier alpha value is 0.380. The number of rotatable bonds is 16. The average molecular weight is 994 g/mol. The summed E-state index contributed by atoms with van der Waals surface area (Å²) in [5.74, 6) is -1.86. The van der Waals surface area contributed by atoms with Gasteiger partial charge >= 0.3 is 118 Å². The molecule has 2 N–H and O–H groups in total. The van der Waals surface area contributed by atoms with Crippen LogP contribution >= 0.6 is 47.6 Å². The molecule has 5 aromatic rings. The minimum absolute atomic E-state index is 0. The van der Waals surface area contributed by atoms with Crippen LogP contribution in [0.15, 0.2) is 78.3 Å². The van der Waals surface area contributed by atoms with Gasteiger partial charge in [0.1, 0.15) is 31.6 Å². The van der Waals surface area contributed by atoms with Gasteiger partial charge in [0, 0.05) is 16.2 Å². The van der Waals surface area contributed by atoms with E-state index in [4.69, 9.17) is 27.4 Å². The van der Waals surface area contributed by atoms with Gasteiger partial charge in [-0.05, 0) is 65.0 Å². The Labute approximate surface area is 441 Å². The maximum Gasteiger partial charge on any atom is 1.00 e. The van der Waals surface area contributed by atoms with Crippen molar-refractivity contribution in [3.05, 3.63) is 59.1 Å². The first-order valence-electron chi connectivity index (χ1n) is 13.6. The van der Waals surface area contributed by atoms with Crippen LogP contribution < -0.4 is 134 Å². The molecule has 0 spiro atoms. The van der Waals surface area contributed by atoms with E-state index in [1.165, 1.54) is 6.07 Å². The number of hydrogen-bond donors (Lipinski definition) is 2. The van der Waals surface area contributed by atoms with E-state index in [0.717, 1.165) is 42.5 Å². The zero-order chi connectivity index (χ0) is 39.4. The van der Waals surface area contributed by atoms with Crippen LogP contribution in [0.3, 0.4) is 0 Å². The van der Waals surface area contributed by atoms with E-state index in [2.05, 4.69) is 49.2 Å². The molecule has 296 valence electrons. The van der Waals surface area contributed by atoms with Gasteiger partial charge in [0.15, 0.2) is 27.9 Å². The van der Waals surface area contributed by atoms with Crippen molar-refractivity contribution in [1.82, 2.24) is 15.0 Å². The fraction of sp³-hybridized carbons (Fsp3) is 0.115. The summed E-state index contributed by atoms with van der Waals surface area (Å²) in [6, 6.07) is 8.40. The molecule has 0 fully saturated rings. The monoisotopic (exact) mass is 992 g/mol. The first-order valence-corrected chi connectivity index (χ1v) is 20.3. The predicted molar refractivity (Wildman–Crippen MR) is 185 cm³/mol. The molecule has 0 atom stereocenters. The Morgan fingerprint density at radius 1 is 0.763 bits per heavy atom. The molecule has 59 heavy (non-hydrogen) atoms. The van der Waals surface area contributed by atoms with Gasteiger partial charge in [-0.3, -0.25) is 14.3 Å². The Bertz CT molecular complexity index is 2620. The number of fused-ring (bicyclic) bond motifs is 2. The summed E-state index contributed by atoms with van der Waals surface area (Å²) in [5, 5.41) is 46.4. The number of halogens is 2. The first kappa shape index (κ1) is 59.4. The summed E-state index contributed by atoms with van der Waals surface area (Å²) in [6.45, 7) is -0.445. The van der Waals surface area contributed by atoms with Crippen molar-refractivity contribution in [2.75, 3.05) is 17.7 Å². The molecule has 0 bridgehead atoms. The molecule has 33 heteroatoms. The van der Waals surface area contributed by atoms with Gasteiger partial charge in [-0.15, -0.1) is 14.6 Å². The van der Waals surface area contributed by atoms with Crippen LogP contribution in [0.25, 0.3) is 21.5 Å². The fourth-order valence-electron chi connectivity index (χ4n) is 4.71. The quantitative estimate of drug-likeness (QED) is 0.0176. The molecule has 4 aromatic carbocycles. The van der Waals surface area contributed by atoms with Crippen LogP contribution in [0, 0.1) is 0 Å². The molecule has 5 rings (SSSR count). The van der Waals surface area contributed by atoms with Crippen molar-refractivity contribution < 1.29 is 191 Å². The number of sulfone groups is 1. The minimum atomic E-state index is -5.41. The Kier molecular flexibility index (Phi) is 25.9. The summed E-state index contributed by atoms with van der Waals surface area (Å²) < 4.78 is 114. The van der Waals surface area contributed by atoms with Gasteiger partial charge in [-0.25, -0.2) is 25.3 Å². The van der Waals surface area contributed by atoms with E-state index in [0.29, 0.717) is 0 Å². The van der Waals surface area contributed by atoms with Crippen LogP contribution in [0.1, 0.15) is 7.43 Å². The van der Waals surface area contributed by atoms with E-state index in [9.17, 15) is 50.0 Å². The number of nitrogens with one attached hydrogen (secondary N) is 1. The Balaban J connectivity index is 0.00000673. The standard InChI is InChI=1S/C25H18Cl2N6O16S5.CH4.4Na/c26-23-29-24(27)31-25(30-23)28-16-6-4-14-15(22(16)54(42,43)44)10-18(50-48-46-35)19(20(14)34)33-32-17-5-1-11-9-12(2-3-13(11)21(17)53(39,40)41)52(37,38)8-7-45-51-49-47-36;;;;;/h1-6,9-10,34-36H,7-8H2,(H,39,40,41)(H,42,43,44)(H,28,29,30,31);1H4;;;;/q;;4*+1/p-4. The largest absolute Gasteiger partial charge is 1.00 e. The van der Waals surface area contributed by atoms with Crippen LogP contribution in [0.4, 0.5) is 23.0 Å². The van der Waals surface area contributed by atoms with E-state index in [-0.39, 0.29) is 188 Å². The number of anilines is 2. The number of aromatic hydroxyl groups is 1. The molecule has 0 aliphatic heterocycles. The first-order chi connectivity index (χ1) is 25.4. The molecule has 0 unspecified atom stereocenters. The average Bonchev–Trinajstić information content (AvgIpc) is 3.08. The van der Waals surface area contributed by atoms with Crippen molar-refractivity contribution in [3.63, 3.8) is 0 Å². The summed E-state index contributed by atoms with van der Waals surface area (Å²) in [7, 11) is -14.8. The van der Waals surface area contributed by atoms with Gasteiger partial charge < -0.3 is 30.0 Å². The molecule has 0 saturated heterocycles. The number of aromatic nitrogens is 3. The second kappa shape index (κ2) is 25.8. The third kappa shape index (κ3) is 15.2. The SMILES string of the molecule is C.O=S(=O)([O-])c1c(N=Nc2c(SOO[O-])cc3c(S(=O)(=O)[O-])c(Nc4nc(Cl)nc(Cl)n4)ccc3c2O)ccc2cc(S(=O)(=O)CCOSOO[O-])ccc12.[Na+].[Na+].[Na+].[Na+]. The Morgan fingerprint density at radius 2 is 1.37 bits per heavy atom. The van der Waals surface area contributed by atoms with Crippen molar-refractivity contribution >= 4 is 122 Å². The number of benzene rings is 4. The number of phenols is 1. The van der Waals surface area contributed by atoms with Crippen LogP contribution in [-0.4, -0.2) is 66.8 Å². The van der Waals surface area contributed by atoms with Gasteiger partial charge in [0.25, 0.3) is 0 Å². The Morgan fingerprint density at radius 3 is 1.97 bits per heavy atom. The van der Waals surface area contributed by atoms with Crippen LogP contribution in [0.5, 0.6) is 5.75 Å². The molecule has 1 aromatic heterocycles. The summed E-state index contributed by atoms with van der Waals surface area (Å²) >= 11 is 11.7. The van der Waals surface area contributed by atoms with Gasteiger partial charge in [0.2, 0.25) is 16.5 Å². The maximum atomic E-state index is 12.8. The van der Waals surface area contributed by atoms with Gasteiger partial charge in [0.05, 0.1) is 49.7 Å². The minimum Gasteiger partial charge on any atom is -0.744 e. The number of nitrogens with zero attached hydrogens (tertiary/aromatic N) is 5. The normalized spacial score (nSPS) is 11.6. The molecule has 0 aliphatic carbocycles. The molecule has 22 nitrogen and oxygen atoms in total. The topological polar surface area (TPSA) is 336 Å². The van der Waals surface area contributed by atoms with E-state index < -0.39 is 85.3 Å². The molecule has 1 heterocycles. The molecule has 0 radical (unpaired) electrons. The zero-order valence-electron chi connectivity index (χ0n) is 29.6. The van der Waals surface area contributed by atoms with Crippen molar-refractivity contribution in [3.8, 4) is 5.75 Å². The molecular weight excluding hydrogens is 976 g/mol. The predicted octanol–water partition coefficient (Wildman–Crippen LogP) is -8.38. The molecule has 0 aliphatic rings. The third-order valence-corrected chi connectivity index (χ3v) is 11.6. The molecular formula is C26H18Cl2N6Na4O16S5. The molecule has 0 amide bonds. The van der Waals surface area contributed by atoms with Crippen molar-refractivity contribution in [2.24, 2.45) is 10.2 Å². The van der Waals surface area contributed by atoms with E-state index >= 15 is 0 Å². The number of phenolic OH excluding ortho intramolecular Hbond substituents is 1. The summed E-state index contributed by atoms with van der Waals surface area (Å²) in [5.41, 5.74) is -1.63. The van der Waals surface area contributed by atoms with Gasteiger partial charge in [-0.1, -0.05) is 19.6 Å². The summed E-state index contributed by atoms with van der Waals surface area (Å²) in [4.78, 5) is 8.38. The number of azo groups is 1. The van der Waals surface area contributed by atoms with E-state index in [1.807, 2.05) is 0 Å². The smallest absolute Gasteiger partial charge is 0.744 e. The third-order valence-electron chi connectivity index (χ3n) is 6.74. The second-order valence-electron chi connectivity index (χ2n) is 9.90. The molecule has 0 saturated carbocycles. The zero-order valence-corrected chi connectivity index (χ0v) is 43.2. The van der Waals surface area contributed by atoms with E-state index in [1.54, 1.807) is 0 Å². The van der Waals surface area contributed by atoms with Gasteiger partial charge in [-0.2, -0.15) is 19.3 Å². The van der Waals surface area contributed by atoms with Crippen molar-refractivity contribution in [2.45, 2.75) is 27.0 Å². The summed E-state index contributed by atoms with van der Waals surface area (Å²) in [6.07, 6.45) is 0. The number of hydrogen-bond acceptors (Lipinski definition) is 24. The van der Waals surface area contributed by atoms with Crippen LogP contribution in [-0.2, 0) is 53.0 Å². The maximum absolute atomic E-state index is 12.8. The van der Waals surface area contributed by atoms with Crippen molar-refractivity contribution in [1.29, 1.82) is 0 Å².